The molecule has 0 saturated heterocycles. The van der Waals surface area contributed by atoms with E-state index in [2.05, 4.69) is 6.07 Å². The van der Waals surface area contributed by atoms with Crippen LogP contribution in [-0.4, -0.2) is 37.1 Å². The quantitative estimate of drug-likeness (QED) is 0.593. The lowest BCUT2D eigenvalue weighted by molar-refractivity contribution is -0.132. The molecule has 0 bridgehead atoms. The van der Waals surface area contributed by atoms with Gasteiger partial charge in [0, 0.05) is 19.7 Å². The zero-order valence-electron chi connectivity index (χ0n) is 10.5. The number of rotatable bonds is 8. The van der Waals surface area contributed by atoms with Crippen molar-refractivity contribution in [3.63, 3.8) is 0 Å². The van der Waals surface area contributed by atoms with E-state index < -0.39 is 0 Å². The highest BCUT2D eigenvalue weighted by molar-refractivity contribution is 5.76. The molecule has 4 nitrogen and oxygen atoms in total. The van der Waals surface area contributed by atoms with Gasteiger partial charge in [-0.05, 0) is 20.3 Å². The fourth-order valence-electron chi connectivity index (χ4n) is 1.34. The van der Waals surface area contributed by atoms with Crippen LogP contribution < -0.4 is 0 Å². The third kappa shape index (κ3) is 6.41. The zero-order chi connectivity index (χ0) is 12.4. The van der Waals surface area contributed by atoms with Gasteiger partial charge in [0.2, 0.25) is 5.91 Å². The van der Waals surface area contributed by atoms with E-state index in [1.807, 2.05) is 20.8 Å². The molecule has 0 saturated carbocycles. The van der Waals surface area contributed by atoms with Gasteiger partial charge >= 0.3 is 0 Å². The molecule has 0 aromatic carbocycles. The van der Waals surface area contributed by atoms with Crippen LogP contribution in [0, 0.1) is 17.2 Å². The summed E-state index contributed by atoms with van der Waals surface area (Å²) in [5.74, 6) is -0.0406. The van der Waals surface area contributed by atoms with E-state index >= 15 is 0 Å². The first kappa shape index (κ1) is 14.9. The Morgan fingerprint density at radius 3 is 2.62 bits per heavy atom. The lowest BCUT2D eigenvalue weighted by Crippen LogP contribution is -2.34. The molecule has 0 aliphatic carbocycles. The molecule has 0 N–H and O–H groups in total. The van der Waals surface area contributed by atoms with Crippen LogP contribution in [0.5, 0.6) is 0 Å². The summed E-state index contributed by atoms with van der Waals surface area (Å²) in [6.07, 6.45) is 1.38. The maximum atomic E-state index is 11.7. The smallest absolute Gasteiger partial charge is 0.224 e. The van der Waals surface area contributed by atoms with Crippen LogP contribution in [0.2, 0.25) is 0 Å². The minimum atomic E-state index is -0.111. The summed E-state index contributed by atoms with van der Waals surface area (Å²) in [6, 6.07) is 2.14. The lowest BCUT2D eigenvalue weighted by atomic mass is 10.2. The first-order valence-electron chi connectivity index (χ1n) is 5.90. The number of carbonyl (C=O) groups is 1. The molecule has 0 aliphatic heterocycles. The van der Waals surface area contributed by atoms with Crippen LogP contribution in [0.1, 0.15) is 33.6 Å². The zero-order valence-corrected chi connectivity index (χ0v) is 10.5. The van der Waals surface area contributed by atoms with Crippen molar-refractivity contribution < 1.29 is 9.53 Å². The SMILES string of the molecule is CCCOCCC(=O)N(CC)CC(C)C#N. The van der Waals surface area contributed by atoms with Crippen molar-refractivity contribution in [3.05, 3.63) is 0 Å². The third-order valence-electron chi connectivity index (χ3n) is 2.26. The van der Waals surface area contributed by atoms with E-state index in [-0.39, 0.29) is 11.8 Å². The van der Waals surface area contributed by atoms with Crippen LogP contribution in [0.15, 0.2) is 0 Å². The third-order valence-corrected chi connectivity index (χ3v) is 2.26. The molecular formula is C12H22N2O2. The molecule has 0 heterocycles. The Kier molecular flexibility index (Phi) is 8.55. The van der Waals surface area contributed by atoms with Gasteiger partial charge < -0.3 is 9.64 Å². The highest BCUT2D eigenvalue weighted by Crippen LogP contribution is 2.01. The van der Waals surface area contributed by atoms with Gasteiger partial charge in [-0.1, -0.05) is 6.92 Å². The minimum Gasteiger partial charge on any atom is -0.381 e. The van der Waals surface area contributed by atoms with Crippen molar-refractivity contribution in [3.8, 4) is 6.07 Å². The molecule has 0 aromatic rings. The molecule has 0 fully saturated rings. The Bertz CT molecular complexity index is 236. The minimum absolute atomic E-state index is 0.0701. The fourth-order valence-corrected chi connectivity index (χ4v) is 1.34. The average Bonchev–Trinajstić information content (AvgIpc) is 2.30. The molecule has 16 heavy (non-hydrogen) atoms. The standard InChI is InChI=1S/C12H22N2O2/c1-4-7-16-8-6-12(15)14(5-2)10-11(3)9-13/h11H,4-8,10H2,1-3H3. The molecule has 0 radical (unpaired) electrons. The Labute approximate surface area is 98.2 Å². The van der Waals surface area contributed by atoms with Gasteiger partial charge in [0.1, 0.15) is 0 Å². The molecular weight excluding hydrogens is 204 g/mol. The summed E-state index contributed by atoms with van der Waals surface area (Å²) in [7, 11) is 0. The van der Waals surface area contributed by atoms with E-state index in [4.69, 9.17) is 10.00 Å². The van der Waals surface area contributed by atoms with Crippen molar-refractivity contribution in [1.29, 1.82) is 5.26 Å². The van der Waals surface area contributed by atoms with Gasteiger partial charge in [-0.2, -0.15) is 5.26 Å². The van der Waals surface area contributed by atoms with Gasteiger partial charge in [-0.3, -0.25) is 4.79 Å². The first-order valence-corrected chi connectivity index (χ1v) is 5.90. The molecule has 4 heteroatoms. The first-order chi connectivity index (χ1) is 7.65. The van der Waals surface area contributed by atoms with Gasteiger partial charge in [0.25, 0.3) is 0 Å². The maximum absolute atomic E-state index is 11.7. The van der Waals surface area contributed by atoms with Gasteiger partial charge in [-0.15, -0.1) is 0 Å². The van der Waals surface area contributed by atoms with Gasteiger partial charge in [-0.25, -0.2) is 0 Å². The summed E-state index contributed by atoms with van der Waals surface area (Å²) in [5, 5.41) is 8.69. The van der Waals surface area contributed by atoms with Crippen molar-refractivity contribution in [2.24, 2.45) is 5.92 Å². The highest BCUT2D eigenvalue weighted by Gasteiger charge is 2.14. The summed E-state index contributed by atoms with van der Waals surface area (Å²) < 4.78 is 5.27. The summed E-state index contributed by atoms with van der Waals surface area (Å²) >= 11 is 0. The number of nitrogens with zero attached hydrogens (tertiary/aromatic N) is 2. The van der Waals surface area contributed by atoms with Crippen LogP contribution in [0.4, 0.5) is 0 Å². The van der Waals surface area contributed by atoms with Crippen molar-refractivity contribution >= 4 is 5.91 Å². The van der Waals surface area contributed by atoms with Crippen LogP contribution in [-0.2, 0) is 9.53 Å². The van der Waals surface area contributed by atoms with Crippen molar-refractivity contribution in [1.82, 2.24) is 4.90 Å². The number of hydrogen-bond acceptors (Lipinski definition) is 3. The predicted molar refractivity (Wildman–Crippen MR) is 62.8 cm³/mol. The fraction of sp³-hybridized carbons (Fsp3) is 0.833. The van der Waals surface area contributed by atoms with Crippen LogP contribution >= 0.6 is 0 Å². The van der Waals surface area contributed by atoms with Crippen LogP contribution in [0.3, 0.4) is 0 Å². The largest absolute Gasteiger partial charge is 0.381 e. The molecule has 0 rings (SSSR count). The van der Waals surface area contributed by atoms with Crippen molar-refractivity contribution in [2.75, 3.05) is 26.3 Å². The second-order valence-electron chi connectivity index (χ2n) is 3.82. The molecule has 0 aliphatic rings. The van der Waals surface area contributed by atoms with Gasteiger partial charge in [0.05, 0.1) is 25.0 Å². The average molecular weight is 226 g/mol. The van der Waals surface area contributed by atoms with E-state index in [1.165, 1.54) is 0 Å². The number of nitriles is 1. The maximum Gasteiger partial charge on any atom is 0.224 e. The summed E-state index contributed by atoms with van der Waals surface area (Å²) in [6.45, 7) is 8.13. The van der Waals surface area contributed by atoms with Crippen molar-refractivity contribution in [2.45, 2.75) is 33.6 Å². The number of carbonyl (C=O) groups excluding carboxylic acids is 1. The number of amides is 1. The van der Waals surface area contributed by atoms with E-state index in [1.54, 1.807) is 4.90 Å². The predicted octanol–water partition coefficient (Wildman–Crippen LogP) is 1.81. The number of hydrogen-bond donors (Lipinski definition) is 0. The Hall–Kier alpha value is -1.08. The molecule has 92 valence electrons. The molecule has 1 unspecified atom stereocenters. The van der Waals surface area contributed by atoms with Crippen LogP contribution in [0.25, 0.3) is 0 Å². The highest BCUT2D eigenvalue weighted by atomic mass is 16.5. The Balaban J connectivity index is 3.88. The van der Waals surface area contributed by atoms with E-state index in [0.29, 0.717) is 32.7 Å². The molecule has 1 atom stereocenters. The van der Waals surface area contributed by atoms with E-state index in [9.17, 15) is 4.79 Å². The van der Waals surface area contributed by atoms with Gasteiger partial charge in [0.15, 0.2) is 0 Å². The molecule has 1 amide bonds. The normalized spacial score (nSPS) is 11.9. The molecule has 0 spiro atoms. The Morgan fingerprint density at radius 2 is 2.12 bits per heavy atom. The lowest BCUT2D eigenvalue weighted by Gasteiger charge is -2.21. The second kappa shape index (κ2) is 9.17. The second-order valence-corrected chi connectivity index (χ2v) is 3.82. The summed E-state index contributed by atoms with van der Waals surface area (Å²) in [4.78, 5) is 13.4. The van der Waals surface area contributed by atoms with E-state index in [0.717, 1.165) is 6.42 Å². The monoisotopic (exact) mass is 226 g/mol. The topological polar surface area (TPSA) is 53.3 Å². The number of ether oxygens (including phenoxy) is 1. The molecule has 0 aromatic heterocycles. The summed E-state index contributed by atoms with van der Waals surface area (Å²) in [5.41, 5.74) is 0. The Morgan fingerprint density at radius 1 is 1.44 bits per heavy atom.